The largest absolute Gasteiger partial charge is 0.0596 e. The van der Waals surface area contributed by atoms with Gasteiger partial charge in [-0.25, -0.2) is 0 Å². The van der Waals surface area contributed by atoms with Crippen LogP contribution in [0.5, 0.6) is 0 Å². The van der Waals surface area contributed by atoms with Gasteiger partial charge in [-0.15, -0.1) is 0 Å². The highest BCUT2D eigenvalue weighted by atomic mass is 14.7. The van der Waals surface area contributed by atoms with Crippen LogP contribution in [0.25, 0.3) is 0 Å². The highest BCUT2D eigenvalue weighted by molar-refractivity contribution is 5.11. The average Bonchev–Trinajstić information content (AvgIpc) is 2.77. The van der Waals surface area contributed by atoms with Crippen molar-refractivity contribution in [2.75, 3.05) is 0 Å². The molecular weight excluding hydrogens is 360 g/mol. The molecule has 0 saturated heterocycles. The predicted molar refractivity (Wildman–Crippen MR) is 129 cm³/mol. The van der Waals surface area contributed by atoms with Crippen LogP contribution >= 0.6 is 0 Å². The van der Waals surface area contributed by atoms with Crippen LogP contribution in [0.2, 0.25) is 0 Å². The van der Waals surface area contributed by atoms with E-state index in [0.717, 1.165) is 29.6 Å². The van der Waals surface area contributed by atoms with Crippen LogP contribution in [0.3, 0.4) is 0 Å². The lowest BCUT2D eigenvalue weighted by Gasteiger charge is -2.63. The van der Waals surface area contributed by atoms with Crippen molar-refractivity contribution in [3.8, 4) is 0 Å². The fourth-order valence-corrected chi connectivity index (χ4v) is 11.9. The van der Waals surface area contributed by atoms with E-state index < -0.39 is 0 Å². The third-order valence-corrected chi connectivity index (χ3v) is 12.9. The van der Waals surface area contributed by atoms with Crippen molar-refractivity contribution in [3.05, 3.63) is 0 Å². The standard InChI is InChI=1S/C30H52/c1-26(2)15-8-17-29(6)22-11-13-25-28(5,20-21(22)10-12-23(26)29)19-14-24-27(3,4)16-9-18-30(24,25)7/h21-25H,8-20H2,1-7H3/t21-,22+,23+,24?,25?,28+,29-,30+/m1/s1. The Morgan fingerprint density at radius 3 is 1.73 bits per heavy atom. The molecule has 5 fully saturated rings. The molecule has 5 aliphatic carbocycles. The molecule has 0 heteroatoms. The Morgan fingerprint density at radius 2 is 1.07 bits per heavy atom. The van der Waals surface area contributed by atoms with Gasteiger partial charge < -0.3 is 0 Å². The Labute approximate surface area is 188 Å². The fourth-order valence-electron chi connectivity index (χ4n) is 11.9. The number of hydrogen-bond donors (Lipinski definition) is 0. The predicted octanol–water partition coefficient (Wildman–Crippen LogP) is 9.28. The van der Waals surface area contributed by atoms with Gasteiger partial charge in [0.1, 0.15) is 0 Å². The first-order valence-electron chi connectivity index (χ1n) is 13.9. The maximum absolute atomic E-state index is 2.77. The molecule has 0 amide bonds. The van der Waals surface area contributed by atoms with Crippen LogP contribution in [-0.2, 0) is 0 Å². The molecule has 0 radical (unpaired) electrons. The molecule has 30 heavy (non-hydrogen) atoms. The van der Waals surface area contributed by atoms with Crippen LogP contribution in [-0.4, -0.2) is 0 Å². The van der Waals surface area contributed by atoms with Gasteiger partial charge in [-0.2, -0.15) is 0 Å². The molecule has 5 rings (SSSR count). The van der Waals surface area contributed by atoms with Gasteiger partial charge in [0.15, 0.2) is 0 Å². The second kappa shape index (κ2) is 6.76. The zero-order valence-corrected chi connectivity index (χ0v) is 21.6. The second-order valence-corrected chi connectivity index (χ2v) is 15.3. The Balaban J connectivity index is 1.48. The summed E-state index contributed by atoms with van der Waals surface area (Å²) in [7, 11) is 0. The van der Waals surface area contributed by atoms with E-state index in [1.54, 1.807) is 25.7 Å². The van der Waals surface area contributed by atoms with Gasteiger partial charge in [0.05, 0.1) is 0 Å². The maximum Gasteiger partial charge on any atom is -0.0259 e. The number of hydrogen-bond acceptors (Lipinski definition) is 0. The molecule has 0 aromatic carbocycles. The van der Waals surface area contributed by atoms with Gasteiger partial charge in [-0.1, -0.05) is 61.3 Å². The number of rotatable bonds is 0. The molecule has 0 aliphatic heterocycles. The first kappa shape index (κ1) is 21.8. The summed E-state index contributed by atoms with van der Waals surface area (Å²) < 4.78 is 0. The molecule has 0 N–H and O–H groups in total. The molecule has 8 atom stereocenters. The van der Waals surface area contributed by atoms with E-state index in [9.17, 15) is 0 Å². The van der Waals surface area contributed by atoms with Crippen molar-refractivity contribution in [2.24, 2.45) is 56.7 Å². The molecular formula is C30H52. The minimum Gasteiger partial charge on any atom is -0.0596 e. The summed E-state index contributed by atoms with van der Waals surface area (Å²) >= 11 is 0. The minimum atomic E-state index is 0.567. The molecule has 0 heterocycles. The van der Waals surface area contributed by atoms with Crippen LogP contribution in [0, 0.1) is 56.7 Å². The Morgan fingerprint density at radius 1 is 0.500 bits per heavy atom. The first-order chi connectivity index (χ1) is 13.9. The van der Waals surface area contributed by atoms with E-state index in [4.69, 9.17) is 0 Å². The fraction of sp³-hybridized carbons (Fsp3) is 1.00. The summed E-state index contributed by atoms with van der Waals surface area (Å²) in [6.45, 7) is 18.8. The molecule has 0 spiro atoms. The summed E-state index contributed by atoms with van der Waals surface area (Å²) in [5.41, 5.74) is 2.99. The Kier molecular flexibility index (Phi) is 4.92. The molecule has 0 bridgehead atoms. The van der Waals surface area contributed by atoms with Gasteiger partial charge in [-0.05, 0) is 127 Å². The Hall–Kier alpha value is 0. The van der Waals surface area contributed by atoms with Crippen LogP contribution in [0.4, 0.5) is 0 Å². The molecule has 0 nitrogen and oxygen atoms in total. The van der Waals surface area contributed by atoms with Crippen molar-refractivity contribution in [3.63, 3.8) is 0 Å². The van der Waals surface area contributed by atoms with E-state index >= 15 is 0 Å². The van der Waals surface area contributed by atoms with E-state index in [2.05, 4.69) is 48.5 Å². The van der Waals surface area contributed by atoms with Crippen LogP contribution < -0.4 is 0 Å². The summed E-state index contributed by atoms with van der Waals surface area (Å²) in [5.74, 6) is 4.95. The highest BCUT2D eigenvalue weighted by Gasteiger charge is 2.62. The molecule has 5 aliphatic rings. The minimum absolute atomic E-state index is 0.567. The summed E-state index contributed by atoms with van der Waals surface area (Å²) in [6.07, 6.45) is 19.7. The molecule has 172 valence electrons. The topological polar surface area (TPSA) is 0 Å². The monoisotopic (exact) mass is 412 g/mol. The zero-order valence-electron chi connectivity index (χ0n) is 21.6. The summed E-state index contributed by atoms with van der Waals surface area (Å²) in [6, 6.07) is 0. The lowest BCUT2D eigenvalue weighted by Crippen LogP contribution is -2.54. The molecule has 2 unspecified atom stereocenters. The van der Waals surface area contributed by atoms with Crippen molar-refractivity contribution >= 4 is 0 Å². The summed E-state index contributed by atoms with van der Waals surface area (Å²) in [4.78, 5) is 0. The smallest absolute Gasteiger partial charge is 0.0259 e. The highest BCUT2D eigenvalue weighted by Crippen LogP contribution is 2.71. The van der Waals surface area contributed by atoms with Crippen molar-refractivity contribution in [1.82, 2.24) is 0 Å². The molecule has 0 aromatic rings. The van der Waals surface area contributed by atoms with Gasteiger partial charge in [0.25, 0.3) is 0 Å². The third-order valence-electron chi connectivity index (χ3n) is 12.9. The zero-order chi connectivity index (χ0) is 21.6. The Bertz CT molecular complexity index is 672. The molecule has 5 saturated carbocycles. The average molecular weight is 413 g/mol. The van der Waals surface area contributed by atoms with Crippen LogP contribution in [0.1, 0.15) is 132 Å². The van der Waals surface area contributed by atoms with Gasteiger partial charge >= 0.3 is 0 Å². The van der Waals surface area contributed by atoms with Gasteiger partial charge in [-0.3, -0.25) is 0 Å². The lowest BCUT2D eigenvalue weighted by atomic mass is 9.42. The number of fused-ring (bicyclic) bond motifs is 6. The summed E-state index contributed by atoms with van der Waals surface area (Å²) in [5, 5.41) is 0. The maximum atomic E-state index is 2.77. The van der Waals surface area contributed by atoms with Crippen molar-refractivity contribution in [1.29, 1.82) is 0 Å². The van der Waals surface area contributed by atoms with Crippen molar-refractivity contribution < 1.29 is 0 Å². The van der Waals surface area contributed by atoms with Gasteiger partial charge in [0, 0.05) is 0 Å². The van der Waals surface area contributed by atoms with E-state index in [0.29, 0.717) is 27.1 Å². The normalized spacial score (nSPS) is 54.7. The van der Waals surface area contributed by atoms with E-state index in [-0.39, 0.29) is 0 Å². The quantitative estimate of drug-likeness (QED) is 0.372. The van der Waals surface area contributed by atoms with Gasteiger partial charge in [0.2, 0.25) is 0 Å². The molecule has 0 aromatic heterocycles. The van der Waals surface area contributed by atoms with Crippen LogP contribution in [0.15, 0.2) is 0 Å². The van der Waals surface area contributed by atoms with E-state index in [1.807, 2.05) is 0 Å². The SMILES string of the molecule is CC1(C)CCC[C@@]2(C)C1CC[C@@]1(C)C[C@H]3CC[C@H]4C(C)(C)CCC[C@]4(C)[C@H]3CCC12. The first-order valence-corrected chi connectivity index (χ1v) is 13.9. The second-order valence-electron chi connectivity index (χ2n) is 15.3. The van der Waals surface area contributed by atoms with Crippen molar-refractivity contribution in [2.45, 2.75) is 132 Å². The van der Waals surface area contributed by atoms with E-state index in [1.165, 1.54) is 57.8 Å². The third kappa shape index (κ3) is 2.96. The lowest BCUT2D eigenvalue weighted by molar-refractivity contribution is -0.135.